The summed E-state index contributed by atoms with van der Waals surface area (Å²) in [5.41, 5.74) is 1.28. The van der Waals surface area contributed by atoms with Crippen molar-refractivity contribution >= 4 is 38.3 Å². The number of halogens is 1. The number of anilines is 1. The number of ether oxygens (including phenoxy) is 1. The largest absolute Gasteiger partial charge is 0.378 e. The molecule has 0 spiro atoms. The van der Waals surface area contributed by atoms with E-state index < -0.39 is 15.1 Å². The van der Waals surface area contributed by atoms with Gasteiger partial charge in [0.25, 0.3) is 0 Å². The van der Waals surface area contributed by atoms with Gasteiger partial charge in [-0.25, -0.2) is 18.4 Å². The summed E-state index contributed by atoms with van der Waals surface area (Å²) in [6.07, 6.45) is 0. The van der Waals surface area contributed by atoms with E-state index >= 15 is 0 Å². The molecule has 1 atom stereocenters. The van der Waals surface area contributed by atoms with Crippen LogP contribution in [0.25, 0.3) is 11.0 Å². The Labute approximate surface area is 173 Å². The molecule has 0 N–H and O–H groups in total. The maximum atomic E-state index is 13.3. The van der Waals surface area contributed by atoms with Gasteiger partial charge in [-0.2, -0.15) is 5.26 Å². The molecule has 29 heavy (non-hydrogen) atoms. The minimum absolute atomic E-state index is 0.0283. The molecule has 3 aromatic rings. The zero-order valence-corrected chi connectivity index (χ0v) is 16.9. The van der Waals surface area contributed by atoms with Gasteiger partial charge in [0.1, 0.15) is 5.69 Å². The second kappa shape index (κ2) is 7.95. The molecule has 0 unspecified atom stereocenters. The highest BCUT2D eigenvalue weighted by molar-refractivity contribution is 7.92. The molecule has 0 amide bonds. The molecule has 0 radical (unpaired) electrons. The van der Waals surface area contributed by atoms with Crippen LogP contribution in [-0.4, -0.2) is 44.7 Å². The van der Waals surface area contributed by atoms with Crippen molar-refractivity contribution in [1.29, 1.82) is 5.26 Å². The van der Waals surface area contributed by atoms with Gasteiger partial charge in [0.2, 0.25) is 9.84 Å². The van der Waals surface area contributed by atoms with Crippen LogP contribution >= 0.6 is 11.6 Å². The van der Waals surface area contributed by atoms with Crippen molar-refractivity contribution in [3.8, 4) is 6.07 Å². The number of benzene rings is 2. The fourth-order valence-electron chi connectivity index (χ4n) is 3.25. The first-order valence-corrected chi connectivity index (χ1v) is 10.9. The van der Waals surface area contributed by atoms with Gasteiger partial charge in [-0.15, -0.1) is 0 Å². The van der Waals surface area contributed by atoms with E-state index in [9.17, 15) is 13.7 Å². The van der Waals surface area contributed by atoms with E-state index in [-0.39, 0.29) is 15.6 Å². The van der Waals surface area contributed by atoms with Crippen molar-refractivity contribution in [2.75, 3.05) is 31.2 Å². The molecule has 4 rings (SSSR count). The summed E-state index contributed by atoms with van der Waals surface area (Å²) >= 11 is 5.98. The van der Waals surface area contributed by atoms with Crippen LogP contribution in [-0.2, 0) is 14.6 Å². The second-order valence-corrected chi connectivity index (χ2v) is 9.00. The van der Waals surface area contributed by atoms with Crippen molar-refractivity contribution in [3.05, 3.63) is 59.2 Å². The number of sulfone groups is 1. The number of hydrogen-bond acceptors (Lipinski definition) is 7. The molecule has 0 saturated carbocycles. The molecule has 0 bridgehead atoms. The topological polar surface area (TPSA) is 96.2 Å². The molecule has 148 valence electrons. The zero-order chi connectivity index (χ0) is 20.4. The molecule has 1 aromatic heterocycles. The summed E-state index contributed by atoms with van der Waals surface area (Å²) in [5.74, 6) is 0.393. The molecular weight excluding hydrogens is 412 g/mol. The Hall–Kier alpha value is -2.73. The van der Waals surface area contributed by atoms with Crippen LogP contribution < -0.4 is 4.90 Å². The van der Waals surface area contributed by atoms with E-state index in [0.29, 0.717) is 43.2 Å². The minimum Gasteiger partial charge on any atom is -0.378 e. The SMILES string of the molecule is N#C[C@@H](c1nc2ccccc2nc1N1CCOCC1)S(=O)(=O)c1cccc(Cl)c1. The van der Waals surface area contributed by atoms with E-state index in [1.807, 2.05) is 23.1 Å². The molecule has 1 aliphatic rings. The van der Waals surface area contributed by atoms with Crippen LogP contribution in [0, 0.1) is 11.3 Å². The number of nitrogens with zero attached hydrogens (tertiary/aromatic N) is 4. The van der Waals surface area contributed by atoms with E-state index in [0.717, 1.165) is 0 Å². The van der Waals surface area contributed by atoms with E-state index in [2.05, 4.69) is 9.97 Å². The average molecular weight is 429 g/mol. The highest BCUT2D eigenvalue weighted by Gasteiger charge is 2.35. The average Bonchev–Trinajstić information content (AvgIpc) is 2.74. The summed E-state index contributed by atoms with van der Waals surface area (Å²) in [4.78, 5) is 11.1. The highest BCUT2D eigenvalue weighted by Crippen LogP contribution is 2.34. The molecule has 7 nitrogen and oxygen atoms in total. The lowest BCUT2D eigenvalue weighted by Crippen LogP contribution is -2.38. The lowest BCUT2D eigenvalue weighted by atomic mass is 10.2. The lowest BCUT2D eigenvalue weighted by Gasteiger charge is -2.30. The van der Waals surface area contributed by atoms with Gasteiger partial charge in [-0.05, 0) is 30.3 Å². The third kappa shape index (κ3) is 3.77. The van der Waals surface area contributed by atoms with E-state index in [1.54, 1.807) is 24.3 Å². The Bertz CT molecular complexity index is 1200. The first kappa shape index (κ1) is 19.6. The van der Waals surface area contributed by atoms with Gasteiger partial charge in [0.05, 0.1) is 35.2 Å². The van der Waals surface area contributed by atoms with Crippen LogP contribution in [0.1, 0.15) is 10.9 Å². The summed E-state index contributed by atoms with van der Waals surface area (Å²) in [6, 6.07) is 15.0. The van der Waals surface area contributed by atoms with Crippen LogP contribution in [0.15, 0.2) is 53.4 Å². The Balaban J connectivity index is 1.91. The predicted molar refractivity (Wildman–Crippen MR) is 110 cm³/mol. The summed E-state index contributed by atoms with van der Waals surface area (Å²) < 4.78 is 32.0. The summed E-state index contributed by atoms with van der Waals surface area (Å²) in [6.45, 7) is 2.06. The molecular formula is C20H17ClN4O3S. The molecule has 0 aliphatic carbocycles. The van der Waals surface area contributed by atoms with Gasteiger partial charge >= 0.3 is 0 Å². The zero-order valence-electron chi connectivity index (χ0n) is 15.3. The van der Waals surface area contributed by atoms with Crippen LogP contribution in [0.4, 0.5) is 5.82 Å². The quantitative estimate of drug-likeness (QED) is 0.629. The van der Waals surface area contributed by atoms with Crippen molar-refractivity contribution < 1.29 is 13.2 Å². The number of morpholine rings is 1. The Morgan fingerprint density at radius 2 is 1.76 bits per heavy atom. The Kier molecular flexibility index (Phi) is 5.37. The third-order valence-electron chi connectivity index (χ3n) is 4.69. The summed E-state index contributed by atoms with van der Waals surface area (Å²) in [5, 5.41) is 8.63. The number of fused-ring (bicyclic) bond motifs is 1. The number of hydrogen-bond donors (Lipinski definition) is 0. The van der Waals surface area contributed by atoms with Gasteiger partial charge in [-0.1, -0.05) is 29.8 Å². The Morgan fingerprint density at radius 1 is 1.07 bits per heavy atom. The molecule has 2 heterocycles. The highest BCUT2D eigenvalue weighted by atomic mass is 35.5. The second-order valence-electron chi connectivity index (χ2n) is 6.53. The van der Waals surface area contributed by atoms with E-state index in [1.165, 1.54) is 12.1 Å². The number of aromatic nitrogens is 2. The monoisotopic (exact) mass is 428 g/mol. The normalized spacial score (nSPS) is 15.8. The van der Waals surface area contributed by atoms with Crippen molar-refractivity contribution in [2.24, 2.45) is 0 Å². The molecule has 1 aliphatic heterocycles. The fraction of sp³-hybridized carbons (Fsp3) is 0.250. The van der Waals surface area contributed by atoms with Crippen LogP contribution in [0.3, 0.4) is 0 Å². The molecule has 9 heteroatoms. The fourth-order valence-corrected chi connectivity index (χ4v) is 4.92. The number of rotatable bonds is 4. The van der Waals surface area contributed by atoms with Crippen LogP contribution in [0.5, 0.6) is 0 Å². The van der Waals surface area contributed by atoms with Gasteiger partial charge < -0.3 is 9.64 Å². The number of nitriles is 1. The van der Waals surface area contributed by atoms with Crippen molar-refractivity contribution in [2.45, 2.75) is 10.1 Å². The lowest BCUT2D eigenvalue weighted by molar-refractivity contribution is 0.122. The van der Waals surface area contributed by atoms with Gasteiger partial charge in [0, 0.05) is 18.1 Å². The predicted octanol–water partition coefficient (Wildman–Crippen LogP) is 3.16. The van der Waals surface area contributed by atoms with Crippen molar-refractivity contribution in [3.63, 3.8) is 0 Å². The number of para-hydroxylation sites is 2. The summed E-state index contributed by atoms with van der Waals surface area (Å²) in [7, 11) is -4.06. The van der Waals surface area contributed by atoms with Crippen molar-refractivity contribution in [1.82, 2.24) is 9.97 Å². The Morgan fingerprint density at radius 3 is 2.41 bits per heavy atom. The van der Waals surface area contributed by atoms with E-state index in [4.69, 9.17) is 16.3 Å². The third-order valence-corrected chi connectivity index (χ3v) is 6.78. The minimum atomic E-state index is -4.06. The van der Waals surface area contributed by atoms with Gasteiger partial charge in [-0.3, -0.25) is 0 Å². The maximum absolute atomic E-state index is 13.3. The first-order chi connectivity index (χ1) is 14.0. The standard InChI is InChI=1S/C20H17ClN4O3S/c21-14-4-3-5-15(12-14)29(26,27)18(13-22)19-20(25-8-10-28-11-9-25)24-17-7-2-1-6-16(17)23-19/h1-7,12,18H,8-11H2/t18-/m0/s1. The molecule has 2 aromatic carbocycles. The molecule has 1 fully saturated rings. The van der Waals surface area contributed by atoms with Crippen LogP contribution in [0.2, 0.25) is 5.02 Å². The first-order valence-electron chi connectivity index (χ1n) is 8.99. The van der Waals surface area contributed by atoms with Gasteiger partial charge in [0.15, 0.2) is 11.1 Å². The smallest absolute Gasteiger partial charge is 0.200 e. The molecule has 1 saturated heterocycles. The maximum Gasteiger partial charge on any atom is 0.200 e.